The van der Waals surface area contributed by atoms with E-state index in [9.17, 15) is 0 Å². The van der Waals surface area contributed by atoms with Gasteiger partial charge in [0.2, 0.25) is 0 Å². The van der Waals surface area contributed by atoms with E-state index in [0.29, 0.717) is 0 Å². The van der Waals surface area contributed by atoms with Gasteiger partial charge in [-0.1, -0.05) is 36.0 Å². The van der Waals surface area contributed by atoms with Crippen LogP contribution in [0.2, 0.25) is 0 Å². The van der Waals surface area contributed by atoms with Gasteiger partial charge in [-0.05, 0) is 18.2 Å². The van der Waals surface area contributed by atoms with E-state index < -0.39 is 0 Å². The Morgan fingerprint density at radius 2 is 1.81 bits per heavy atom. The van der Waals surface area contributed by atoms with Crippen LogP contribution in [0.4, 0.5) is 11.4 Å². The van der Waals surface area contributed by atoms with Gasteiger partial charge in [-0.2, -0.15) is 0 Å². The van der Waals surface area contributed by atoms with E-state index >= 15 is 0 Å². The molecule has 3 rings (SSSR count). The van der Waals surface area contributed by atoms with Crippen molar-refractivity contribution in [2.45, 2.75) is 9.79 Å². The van der Waals surface area contributed by atoms with E-state index in [1.807, 2.05) is 11.8 Å². The molecule has 1 N–H and O–H groups in total. The second kappa shape index (κ2) is 4.60. The maximum absolute atomic E-state index is 3.67. The highest BCUT2D eigenvalue weighted by Crippen LogP contribution is 2.42. The largest absolute Gasteiger partial charge is 0.510 e. The van der Waals surface area contributed by atoms with Crippen LogP contribution in [0.25, 0.3) is 0 Å². The topological polar surface area (TPSA) is 12.0 Å². The molecule has 0 saturated carbocycles. The van der Waals surface area contributed by atoms with Crippen molar-refractivity contribution in [1.82, 2.24) is 0 Å². The summed E-state index contributed by atoms with van der Waals surface area (Å²) in [6, 6.07) is 15.0. The van der Waals surface area contributed by atoms with Crippen LogP contribution in [-0.4, -0.2) is 18.2 Å². The Balaban J connectivity index is 2.12. The summed E-state index contributed by atoms with van der Waals surface area (Å²) >= 11 is 5.21. The average Bonchev–Trinajstić information content (AvgIpc) is 2.35. The summed E-state index contributed by atoms with van der Waals surface area (Å²) in [4.78, 5) is 2.64. The number of anilines is 2. The van der Waals surface area contributed by atoms with E-state index in [2.05, 4.69) is 60.7 Å². The Bertz CT molecular complexity index is 544. The zero-order chi connectivity index (χ0) is 11.0. The van der Waals surface area contributed by atoms with Crippen molar-refractivity contribution < 1.29 is 0 Å². The van der Waals surface area contributed by atoms with Gasteiger partial charge in [-0.25, -0.2) is 0 Å². The molecule has 0 unspecified atom stereocenters. The van der Waals surface area contributed by atoms with Gasteiger partial charge in [-0.15, -0.1) is 3.69 Å². The quantitative estimate of drug-likeness (QED) is 0.690. The molecular formula is C12H8BrMgNS. The second-order valence-corrected chi connectivity index (χ2v) is 7.44. The number of nitrogens with one attached hydrogen (secondary N) is 1. The molecule has 0 atom stereocenters. The lowest BCUT2D eigenvalue weighted by Crippen LogP contribution is -2.16. The van der Waals surface area contributed by atoms with Crippen LogP contribution >= 0.6 is 24.6 Å². The zero-order valence-electron chi connectivity index (χ0n) is 8.53. The van der Waals surface area contributed by atoms with Gasteiger partial charge in [0, 0.05) is 15.5 Å². The van der Waals surface area contributed by atoms with E-state index in [0.717, 1.165) is 0 Å². The van der Waals surface area contributed by atoms with Gasteiger partial charge >= 0.3 is 18.2 Å². The van der Waals surface area contributed by atoms with Gasteiger partial charge in [-0.3, -0.25) is 12.9 Å². The molecule has 0 bridgehead atoms. The molecule has 1 nitrogen and oxygen atoms in total. The summed E-state index contributed by atoms with van der Waals surface area (Å²) in [6.45, 7) is 0. The fourth-order valence-electron chi connectivity index (χ4n) is 1.83. The van der Waals surface area contributed by atoms with Gasteiger partial charge < -0.3 is 5.32 Å². The first-order valence-corrected chi connectivity index (χ1v) is 10.5. The second-order valence-electron chi connectivity index (χ2n) is 3.65. The highest BCUT2D eigenvalue weighted by Gasteiger charge is 2.17. The summed E-state index contributed by atoms with van der Waals surface area (Å²) in [7, 11) is 0. The molecule has 2 aromatic rings. The van der Waals surface area contributed by atoms with Crippen LogP contribution in [-0.2, 0) is 0 Å². The fraction of sp³-hybridized carbons (Fsp3) is 0. The number of para-hydroxylation sites is 2. The number of hydrogen-bond donors (Lipinski definition) is 1. The van der Waals surface area contributed by atoms with Crippen LogP contribution in [0.3, 0.4) is 0 Å². The van der Waals surface area contributed by atoms with Crippen molar-refractivity contribution >= 4 is 57.9 Å². The lowest BCUT2D eigenvalue weighted by molar-refractivity contribution is 1.33. The molecule has 0 aromatic heterocycles. The number of rotatable bonds is 1. The van der Waals surface area contributed by atoms with E-state index in [-0.39, 0.29) is 18.2 Å². The van der Waals surface area contributed by atoms with Crippen molar-refractivity contribution in [2.75, 3.05) is 5.32 Å². The first kappa shape index (κ1) is 11.0. The molecule has 0 aliphatic carbocycles. The van der Waals surface area contributed by atoms with E-state index in [1.54, 1.807) is 0 Å². The molecule has 1 aliphatic heterocycles. The first-order valence-electron chi connectivity index (χ1n) is 5.10. The molecule has 4 heteroatoms. The summed E-state index contributed by atoms with van der Waals surface area (Å²) in [5, 5.41) is 3.54. The minimum atomic E-state index is -0.309. The van der Waals surface area contributed by atoms with Crippen LogP contribution in [0.15, 0.2) is 52.3 Å². The third kappa shape index (κ3) is 1.88. The first-order chi connectivity index (χ1) is 7.88. The minimum Gasteiger partial charge on any atom is -0.355 e. The van der Waals surface area contributed by atoms with Crippen LogP contribution in [0.1, 0.15) is 0 Å². The van der Waals surface area contributed by atoms with Crippen molar-refractivity contribution in [2.24, 2.45) is 0 Å². The lowest BCUT2D eigenvalue weighted by Gasteiger charge is -2.23. The Hall–Kier alpha value is -0.164. The number of fused-ring (bicyclic) bond motifs is 2. The Labute approximate surface area is 115 Å². The van der Waals surface area contributed by atoms with E-state index in [1.165, 1.54) is 24.9 Å². The maximum atomic E-state index is 3.67. The standard InChI is InChI=1S/C12H8NS.BrH.Mg/c1-3-7-11-9(5-1)13-10-6-2-4-8-12(10)14-11;;/h1-5,7-8,13H;1H;/q;;+1/p-1. The molecule has 0 saturated heterocycles. The number of halogens is 1. The van der Waals surface area contributed by atoms with Crippen molar-refractivity contribution in [3.05, 3.63) is 42.5 Å². The molecule has 0 amide bonds. The molecular weight excluding hydrogens is 294 g/mol. The van der Waals surface area contributed by atoms with Gasteiger partial charge in [0.1, 0.15) is 0 Å². The summed E-state index contributed by atoms with van der Waals surface area (Å²) in [5.41, 5.74) is 2.53. The lowest BCUT2D eigenvalue weighted by atomic mass is 10.2. The smallest absolute Gasteiger partial charge is 0.355 e. The van der Waals surface area contributed by atoms with Crippen molar-refractivity contribution in [3.63, 3.8) is 0 Å². The molecule has 16 heavy (non-hydrogen) atoms. The molecule has 2 aromatic carbocycles. The predicted octanol–water partition coefficient (Wildman–Crippen LogP) is 3.53. The predicted molar refractivity (Wildman–Crippen MR) is 74.6 cm³/mol. The molecule has 0 fully saturated rings. The van der Waals surface area contributed by atoms with Gasteiger partial charge in [0.05, 0.1) is 5.69 Å². The molecule has 0 spiro atoms. The van der Waals surface area contributed by atoms with Crippen molar-refractivity contribution in [1.29, 1.82) is 0 Å². The highest BCUT2D eigenvalue weighted by atomic mass is 79.9. The maximum Gasteiger partial charge on any atom is 0.510 e. The summed E-state index contributed by atoms with van der Waals surface area (Å²) in [6.07, 6.45) is 0. The molecule has 0 radical (unpaired) electrons. The zero-order valence-corrected chi connectivity index (χ0v) is 12.4. The highest BCUT2D eigenvalue weighted by molar-refractivity contribution is 9.23. The Morgan fingerprint density at radius 1 is 1.00 bits per heavy atom. The molecule has 76 valence electrons. The number of benzene rings is 2. The fourth-order valence-corrected chi connectivity index (χ4v) is 5.04. The van der Waals surface area contributed by atoms with Gasteiger partial charge in [0.15, 0.2) is 0 Å². The van der Waals surface area contributed by atoms with Crippen LogP contribution in [0.5, 0.6) is 0 Å². The summed E-state index contributed by atoms with van der Waals surface area (Å²) < 4.78 is 1.44. The van der Waals surface area contributed by atoms with Gasteiger partial charge in [0.25, 0.3) is 0 Å². The Morgan fingerprint density at radius 3 is 2.69 bits per heavy atom. The normalized spacial score (nSPS) is 12.1. The summed E-state index contributed by atoms with van der Waals surface area (Å²) in [5.74, 6) is 0. The average molecular weight is 302 g/mol. The SMILES string of the molecule is [Br][Mg][c]1cccc2c1Nc1ccccc1S2. The van der Waals surface area contributed by atoms with Crippen molar-refractivity contribution in [3.8, 4) is 0 Å². The van der Waals surface area contributed by atoms with E-state index in [4.69, 9.17) is 0 Å². The van der Waals surface area contributed by atoms with Crippen LogP contribution < -0.4 is 9.01 Å². The third-order valence-electron chi connectivity index (χ3n) is 2.62. The third-order valence-corrected chi connectivity index (χ3v) is 6.45. The minimum absolute atomic E-state index is 0.309. The monoisotopic (exact) mass is 301 g/mol. The molecule has 1 heterocycles. The van der Waals surface area contributed by atoms with Crippen LogP contribution in [0, 0.1) is 0 Å². The number of hydrogen-bond acceptors (Lipinski definition) is 2. The molecule has 1 aliphatic rings. The Kier molecular flexibility index (Phi) is 3.15.